The van der Waals surface area contributed by atoms with Crippen molar-refractivity contribution in [2.45, 2.75) is 25.3 Å². The second-order valence-electron chi connectivity index (χ2n) is 3.30. The van der Waals surface area contributed by atoms with E-state index in [4.69, 9.17) is 5.73 Å². The van der Waals surface area contributed by atoms with Crippen LogP contribution in [-0.4, -0.2) is 31.1 Å². The molecule has 4 nitrogen and oxygen atoms in total. The lowest BCUT2D eigenvalue weighted by Gasteiger charge is -2.32. The Morgan fingerprint density at radius 3 is 3.00 bits per heavy atom. The summed E-state index contributed by atoms with van der Waals surface area (Å²) >= 11 is 0. The van der Waals surface area contributed by atoms with E-state index in [0.717, 1.165) is 19.4 Å². The molecule has 0 saturated carbocycles. The predicted octanol–water partition coefficient (Wildman–Crippen LogP) is -0.797. The molecule has 0 aromatic heterocycles. The number of nitrogens with one attached hydrogen (secondary N) is 2. The first-order valence-electron chi connectivity index (χ1n) is 4.47. The first kappa shape index (κ1) is 9.48. The molecule has 0 aromatic rings. The lowest BCUT2D eigenvalue weighted by molar-refractivity contribution is -0.126. The maximum Gasteiger partial charge on any atom is 0.241 e. The van der Waals surface area contributed by atoms with E-state index in [9.17, 15) is 4.79 Å². The van der Waals surface area contributed by atoms with Crippen LogP contribution in [0.2, 0.25) is 0 Å². The third kappa shape index (κ3) is 1.95. The van der Waals surface area contributed by atoms with Gasteiger partial charge in [0.2, 0.25) is 5.91 Å². The molecule has 1 atom stereocenters. The molecule has 4 heteroatoms. The Morgan fingerprint density at radius 1 is 1.75 bits per heavy atom. The molecule has 70 valence electrons. The largest absolute Gasteiger partial charge is 0.355 e. The SMILES string of the molecule is CCNC(=O)C1(N)CCCNC1. The highest BCUT2D eigenvalue weighted by Crippen LogP contribution is 2.12. The maximum atomic E-state index is 11.4. The zero-order valence-electron chi connectivity index (χ0n) is 7.52. The number of rotatable bonds is 2. The van der Waals surface area contributed by atoms with E-state index in [1.165, 1.54) is 0 Å². The number of piperidine rings is 1. The third-order valence-electron chi connectivity index (χ3n) is 2.21. The van der Waals surface area contributed by atoms with E-state index < -0.39 is 5.54 Å². The summed E-state index contributed by atoms with van der Waals surface area (Å²) in [5.74, 6) is -0.0304. The van der Waals surface area contributed by atoms with Crippen LogP contribution in [0, 0.1) is 0 Å². The van der Waals surface area contributed by atoms with E-state index in [1.807, 2.05) is 6.92 Å². The van der Waals surface area contributed by atoms with Crippen LogP contribution in [0.25, 0.3) is 0 Å². The number of amides is 1. The van der Waals surface area contributed by atoms with E-state index in [-0.39, 0.29) is 5.91 Å². The zero-order valence-corrected chi connectivity index (χ0v) is 7.52. The normalized spacial score (nSPS) is 29.8. The van der Waals surface area contributed by atoms with Gasteiger partial charge in [0.25, 0.3) is 0 Å². The van der Waals surface area contributed by atoms with Gasteiger partial charge in [0.05, 0.1) is 0 Å². The Hall–Kier alpha value is -0.610. The van der Waals surface area contributed by atoms with E-state index in [0.29, 0.717) is 13.1 Å². The van der Waals surface area contributed by atoms with E-state index in [1.54, 1.807) is 0 Å². The number of likely N-dealkylation sites (N-methyl/N-ethyl adjacent to an activating group) is 1. The smallest absolute Gasteiger partial charge is 0.241 e. The Bertz CT molecular complexity index is 164. The molecule has 1 unspecified atom stereocenters. The van der Waals surface area contributed by atoms with Crippen LogP contribution in [0.15, 0.2) is 0 Å². The van der Waals surface area contributed by atoms with Crippen molar-refractivity contribution < 1.29 is 4.79 Å². The van der Waals surface area contributed by atoms with Crippen molar-refractivity contribution in [3.05, 3.63) is 0 Å². The van der Waals surface area contributed by atoms with Gasteiger partial charge in [-0.1, -0.05) is 0 Å². The fraction of sp³-hybridized carbons (Fsp3) is 0.875. The van der Waals surface area contributed by atoms with Crippen LogP contribution >= 0.6 is 0 Å². The summed E-state index contributed by atoms with van der Waals surface area (Å²) in [4.78, 5) is 11.4. The first-order chi connectivity index (χ1) is 5.69. The molecule has 1 aliphatic rings. The minimum Gasteiger partial charge on any atom is -0.355 e. The lowest BCUT2D eigenvalue weighted by Crippen LogP contribution is -2.61. The van der Waals surface area contributed by atoms with Gasteiger partial charge < -0.3 is 16.4 Å². The van der Waals surface area contributed by atoms with Crippen molar-refractivity contribution in [1.29, 1.82) is 0 Å². The molecule has 0 aromatic carbocycles. The highest BCUT2D eigenvalue weighted by atomic mass is 16.2. The molecule has 0 spiro atoms. The Kier molecular flexibility index (Phi) is 3.05. The molecular formula is C8H17N3O. The molecule has 1 fully saturated rings. The Balaban J connectivity index is 2.50. The minimum absolute atomic E-state index is 0.0304. The van der Waals surface area contributed by atoms with Gasteiger partial charge in [-0.15, -0.1) is 0 Å². The molecule has 0 bridgehead atoms. The lowest BCUT2D eigenvalue weighted by atomic mass is 9.90. The van der Waals surface area contributed by atoms with Gasteiger partial charge >= 0.3 is 0 Å². The van der Waals surface area contributed by atoms with Gasteiger partial charge in [0.15, 0.2) is 0 Å². The van der Waals surface area contributed by atoms with Crippen LogP contribution in [0.4, 0.5) is 0 Å². The number of carbonyl (C=O) groups is 1. The second kappa shape index (κ2) is 3.87. The molecule has 0 aliphatic carbocycles. The number of hydrogen-bond acceptors (Lipinski definition) is 3. The maximum absolute atomic E-state index is 11.4. The Morgan fingerprint density at radius 2 is 2.50 bits per heavy atom. The van der Waals surface area contributed by atoms with Crippen molar-refractivity contribution >= 4 is 5.91 Å². The predicted molar refractivity (Wildman–Crippen MR) is 47.7 cm³/mol. The highest BCUT2D eigenvalue weighted by Gasteiger charge is 2.34. The fourth-order valence-electron chi connectivity index (χ4n) is 1.46. The highest BCUT2D eigenvalue weighted by molar-refractivity contribution is 5.86. The molecule has 4 N–H and O–H groups in total. The summed E-state index contributed by atoms with van der Waals surface area (Å²) in [6, 6.07) is 0. The quantitative estimate of drug-likeness (QED) is 0.510. The molecule has 12 heavy (non-hydrogen) atoms. The molecule has 1 rings (SSSR count). The molecule has 1 amide bonds. The van der Waals surface area contributed by atoms with Gasteiger partial charge in [-0.2, -0.15) is 0 Å². The Labute approximate surface area is 72.9 Å². The molecule has 1 heterocycles. The molecule has 1 saturated heterocycles. The van der Waals surface area contributed by atoms with Gasteiger partial charge in [-0.25, -0.2) is 0 Å². The van der Waals surface area contributed by atoms with Crippen molar-refractivity contribution in [2.24, 2.45) is 5.73 Å². The number of carbonyl (C=O) groups excluding carboxylic acids is 1. The van der Waals surface area contributed by atoms with E-state index in [2.05, 4.69) is 10.6 Å². The average Bonchev–Trinajstić information content (AvgIpc) is 2.06. The monoisotopic (exact) mass is 171 g/mol. The summed E-state index contributed by atoms with van der Waals surface area (Å²) in [6.45, 7) is 4.12. The minimum atomic E-state index is -0.672. The molecule has 0 radical (unpaired) electrons. The zero-order chi connectivity index (χ0) is 9.03. The molecular weight excluding hydrogens is 154 g/mol. The van der Waals surface area contributed by atoms with Crippen LogP contribution in [0.3, 0.4) is 0 Å². The topological polar surface area (TPSA) is 67.2 Å². The standard InChI is InChI=1S/C8H17N3O/c1-2-11-7(12)8(9)4-3-5-10-6-8/h10H,2-6,9H2,1H3,(H,11,12). The van der Waals surface area contributed by atoms with Crippen LogP contribution in [0.5, 0.6) is 0 Å². The van der Waals surface area contributed by atoms with Gasteiger partial charge in [-0.3, -0.25) is 4.79 Å². The summed E-state index contributed by atoms with van der Waals surface area (Å²) in [6.07, 6.45) is 1.76. The second-order valence-corrected chi connectivity index (χ2v) is 3.30. The number of hydrogen-bond donors (Lipinski definition) is 3. The number of nitrogens with two attached hydrogens (primary N) is 1. The summed E-state index contributed by atoms with van der Waals surface area (Å²) < 4.78 is 0. The summed E-state index contributed by atoms with van der Waals surface area (Å²) in [7, 11) is 0. The third-order valence-corrected chi connectivity index (χ3v) is 2.21. The van der Waals surface area contributed by atoms with Crippen molar-refractivity contribution in [3.8, 4) is 0 Å². The van der Waals surface area contributed by atoms with Gasteiger partial charge in [0, 0.05) is 13.1 Å². The fourth-order valence-corrected chi connectivity index (χ4v) is 1.46. The summed E-state index contributed by atoms with van der Waals surface area (Å²) in [5.41, 5.74) is 5.24. The van der Waals surface area contributed by atoms with Crippen LogP contribution in [0.1, 0.15) is 19.8 Å². The molecule has 1 aliphatic heterocycles. The van der Waals surface area contributed by atoms with Crippen LogP contribution < -0.4 is 16.4 Å². The van der Waals surface area contributed by atoms with Crippen molar-refractivity contribution in [1.82, 2.24) is 10.6 Å². The first-order valence-corrected chi connectivity index (χ1v) is 4.47. The summed E-state index contributed by atoms with van der Waals surface area (Å²) in [5, 5.41) is 5.88. The van der Waals surface area contributed by atoms with Crippen LogP contribution in [-0.2, 0) is 4.79 Å². The van der Waals surface area contributed by atoms with Gasteiger partial charge in [-0.05, 0) is 26.3 Å². The average molecular weight is 171 g/mol. The van der Waals surface area contributed by atoms with Crippen molar-refractivity contribution in [3.63, 3.8) is 0 Å². The van der Waals surface area contributed by atoms with Crippen molar-refractivity contribution in [2.75, 3.05) is 19.6 Å². The van der Waals surface area contributed by atoms with E-state index >= 15 is 0 Å². The van der Waals surface area contributed by atoms with Gasteiger partial charge in [0.1, 0.15) is 5.54 Å².